The van der Waals surface area contributed by atoms with E-state index in [4.69, 9.17) is 27.9 Å². The van der Waals surface area contributed by atoms with Crippen molar-refractivity contribution in [3.8, 4) is 0 Å². The van der Waals surface area contributed by atoms with Gasteiger partial charge >= 0.3 is 0 Å². The Morgan fingerprint density at radius 1 is 1.44 bits per heavy atom. The Morgan fingerprint density at radius 3 is 2.44 bits per heavy atom. The van der Waals surface area contributed by atoms with Crippen molar-refractivity contribution < 1.29 is 9.53 Å². The third kappa shape index (κ3) is 3.12. The minimum absolute atomic E-state index is 0.108. The molecule has 1 aliphatic carbocycles. The molecule has 0 heterocycles. The average molecular weight is 267 g/mol. The van der Waals surface area contributed by atoms with Gasteiger partial charge in [-0.25, -0.2) is 0 Å². The van der Waals surface area contributed by atoms with Crippen LogP contribution in [0.3, 0.4) is 0 Å². The molecule has 0 N–H and O–H groups in total. The van der Waals surface area contributed by atoms with Gasteiger partial charge in [-0.05, 0) is 33.1 Å². The summed E-state index contributed by atoms with van der Waals surface area (Å²) in [5.41, 5.74) is -0.337. The molecule has 0 aromatic rings. The highest BCUT2D eigenvalue weighted by Crippen LogP contribution is 2.45. The summed E-state index contributed by atoms with van der Waals surface area (Å²) in [6, 6.07) is 0. The highest BCUT2D eigenvalue weighted by Gasteiger charge is 2.54. The number of Topliss-reactive ketones (excluding diaryl/α,β-unsaturated/α-hetero) is 1. The third-order valence-electron chi connectivity index (χ3n) is 2.74. The van der Waals surface area contributed by atoms with E-state index in [1.807, 2.05) is 20.8 Å². The van der Waals surface area contributed by atoms with Crippen molar-refractivity contribution in [2.24, 2.45) is 5.92 Å². The Morgan fingerprint density at radius 2 is 2.00 bits per heavy atom. The van der Waals surface area contributed by atoms with Crippen LogP contribution >= 0.6 is 23.2 Å². The van der Waals surface area contributed by atoms with Gasteiger partial charge in [0, 0.05) is 6.42 Å². The molecule has 0 spiro atoms. The van der Waals surface area contributed by atoms with Crippen LogP contribution < -0.4 is 0 Å². The normalized spacial score (nSPS) is 29.8. The highest BCUT2D eigenvalue weighted by molar-refractivity contribution is 6.59. The Balaban J connectivity index is 2.85. The smallest absolute Gasteiger partial charge is 0.201 e. The maximum atomic E-state index is 11.7. The number of ether oxygens (including phenoxy) is 1. The van der Waals surface area contributed by atoms with Crippen LogP contribution in [-0.2, 0) is 9.53 Å². The fourth-order valence-electron chi connectivity index (χ4n) is 2.11. The summed E-state index contributed by atoms with van der Waals surface area (Å²) in [6.07, 6.45) is 1.98. The van der Waals surface area contributed by atoms with E-state index in [9.17, 15) is 4.79 Å². The number of carbonyl (C=O) groups excluding carboxylic acids is 1. The summed E-state index contributed by atoms with van der Waals surface area (Å²) in [4.78, 5) is 11.7. The van der Waals surface area contributed by atoms with Crippen molar-refractivity contribution >= 4 is 29.0 Å². The predicted octanol–water partition coefficient (Wildman–Crippen LogP) is 3.73. The second-order valence-corrected chi connectivity index (χ2v) is 6.84. The summed E-state index contributed by atoms with van der Waals surface area (Å²) in [7, 11) is 0. The molecule has 16 heavy (non-hydrogen) atoms. The lowest BCUT2D eigenvalue weighted by molar-refractivity contribution is -0.120. The maximum absolute atomic E-state index is 11.7. The number of rotatable bonds is 3. The molecule has 1 saturated carbocycles. The summed E-state index contributed by atoms with van der Waals surface area (Å²) in [5, 5.41) is 0. The molecule has 2 atom stereocenters. The first kappa shape index (κ1) is 14.3. The first-order chi connectivity index (χ1) is 7.18. The molecule has 0 radical (unpaired) electrons. The number of hydrogen-bond donors (Lipinski definition) is 0. The van der Waals surface area contributed by atoms with Gasteiger partial charge in [0.15, 0.2) is 5.78 Å². The fraction of sp³-hybridized carbons (Fsp3) is 0.917. The minimum atomic E-state index is -1.37. The maximum Gasteiger partial charge on any atom is 0.201 e. The van der Waals surface area contributed by atoms with Gasteiger partial charge in [-0.2, -0.15) is 0 Å². The molecule has 0 aromatic heterocycles. The van der Waals surface area contributed by atoms with Gasteiger partial charge in [-0.3, -0.25) is 4.79 Å². The molecule has 0 saturated heterocycles. The van der Waals surface area contributed by atoms with E-state index in [0.717, 1.165) is 12.8 Å². The van der Waals surface area contributed by atoms with Crippen molar-refractivity contribution in [3.05, 3.63) is 0 Å². The second kappa shape index (κ2) is 4.83. The lowest BCUT2D eigenvalue weighted by atomic mass is 9.99. The van der Waals surface area contributed by atoms with Crippen LogP contribution in [0, 0.1) is 5.92 Å². The van der Waals surface area contributed by atoms with Crippen LogP contribution in [0.2, 0.25) is 0 Å². The molecular weight excluding hydrogens is 247 g/mol. The summed E-state index contributed by atoms with van der Waals surface area (Å²) in [6.45, 7) is 7.93. The van der Waals surface area contributed by atoms with Crippen LogP contribution in [0.15, 0.2) is 0 Å². The van der Waals surface area contributed by atoms with Crippen LogP contribution in [0.1, 0.15) is 47.0 Å². The number of carbonyl (C=O) groups is 1. The molecule has 4 heteroatoms. The Bertz CT molecular complexity index is 269. The molecule has 0 amide bonds. The first-order valence-corrected chi connectivity index (χ1v) is 6.53. The van der Waals surface area contributed by atoms with Crippen molar-refractivity contribution in [2.45, 2.75) is 63.0 Å². The summed E-state index contributed by atoms with van der Waals surface area (Å²) in [5.74, 6) is 0.0373. The molecule has 94 valence electrons. The molecule has 0 bridgehead atoms. The zero-order valence-electron chi connectivity index (χ0n) is 10.3. The molecule has 0 aromatic carbocycles. The molecule has 0 unspecified atom stereocenters. The van der Waals surface area contributed by atoms with Crippen LogP contribution in [0.25, 0.3) is 0 Å². The first-order valence-electron chi connectivity index (χ1n) is 5.77. The molecule has 2 nitrogen and oxygen atoms in total. The van der Waals surface area contributed by atoms with E-state index >= 15 is 0 Å². The lowest BCUT2D eigenvalue weighted by Gasteiger charge is -2.32. The average Bonchev–Trinajstić information content (AvgIpc) is 2.28. The van der Waals surface area contributed by atoms with E-state index in [0.29, 0.717) is 6.42 Å². The Hall–Kier alpha value is 0.210. The minimum Gasteiger partial charge on any atom is -0.369 e. The largest absolute Gasteiger partial charge is 0.369 e. The van der Waals surface area contributed by atoms with Gasteiger partial charge < -0.3 is 4.74 Å². The van der Waals surface area contributed by atoms with Crippen molar-refractivity contribution in [2.75, 3.05) is 0 Å². The zero-order chi connectivity index (χ0) is 12.6. The van der Waals surface area contributed by atoms with E-state index in [2.05, 4.69) is 6.92 Å². The zero-order valence-corrected chi connectivity index (χ0v) is 11.9. The van der Waals surface area contributed by atoms with E-state index in [1.54, 1.807) is 0 Å². The summed E-state index contributed by atoms with van der Waals surface area (Å²) >= 11 is 12.2. The third-order valence-corrected chi connectivity index (χ3v) is 3.60. The monoisotopic (exact) mass is 266 g/mol. The van der Waals surface area contributed by atoms with Gasteiger partial charge in [0.25, 0.3) is 0 Å². The lowest BCUT2D eigenvalue weighted by Crippen LogP contribution is -2.41. The standard InChI is InChI=1S/C12H20Cl2O2/c1-5-6-8-7-9(15)12(13,14)10(8)16-11(2,3)4/h8,10H,5-7H2,1-4H3/t8-,10-/m0/s1. The van der Waals surface area contributed by atoms with Gasteiger partial charge in [0.1, 0.15) is 6.10 Å². The SMILES string of the molecule is CCC[C@H]1CC(=O)C(Cl)(Cl)[C@H]1OC(C)(C)C. The van der Waals surface area contributed by atoms with Gasteiger partial charge in [-0.15, -0.1) is 0 Å². The Labute approximate surface area is 108 Å². The second-order valence-electron chi connectivity index (χ2n) is 5.45. The van der Waals surface area contributed by atoms with Gasteiger partial charge in [0.05, 0.1) is 5.60 Å². The Kier molecular flexibility index (Phi) is 4.31. The van der Waals surface area contributed by atoms with Gasteiger partial charge in [0.2, 0.25) is 4.33 Å². The number of ketones is 1. The van der Waals surface area contributed by atoms with E-state index in [1.165, 1.54) is 0 Å². The van der Waals surface area contributed by atoms with E-state index < -0.39 is 4.33 Å². The van der Waals surface area contributed by atoms with Gasteiger partial charge in [-0.1, -0.05) is 36.5 Å². The van der Waals surface area contributed by atoms with Crippen molar-refractivity contribution in [1.29, 1.82) is 0 Å². The van der Waals surface area contributed by atoms with Crippen molar-refractivity contribution in [1.82, 2.24) is 0 Å². The molecule has 1 rings (SSSR count). The number of halogens is 2. The molecule has 1 aliphatic rings. The predicted molar refractivity (Wildman–Crippen MR) is 67.1 cm³/mol. The quantitative estimate of drug-likeness (QED) is 0.728. The fourth-order valence-corrected chi connectivity index (χ4v) is 2.71. The molecule has 1 fully saturated rings. The van der Waals surface area contributed by atoms with Crippen LogP contribution in [0.5, 0.6) is 0 Å². The molecular formula is C12H20Cl2O2. The van der Waals surface area contributed by atoms with Crippen molar-refractivity contribution in [3.63, 3.8) is 0 Å². The van der Waals surface area contributed by atoms with E-state index in [-0.39, 0.29) is 23.4 Å². The number of alkyl halides is 2. The van der Waals surface area contributed by atoms with Crippen LogP contribution in [-0.4, -0.2) is 21.8 Å². The topological polar surface area (TPSA) is 26.3 Å². The number of hydrogen-bond acceptors (Lipinski definition) is 2. The van der Waals surface area contributed by atoms with Crippen LogP contribution in [0.4, 0.5) is 0 Å². The molecule has 0 aliphatic heterocycles. The highest BCUT2D eigenvalue weighted by atomic mass is 35.5. The summed E-state index contributed by atoms with van der Waals surface area (Å²) < 4.78 is 4.50.